The lowest BCUT2D eigenvalue weighted by atomic mass is 9.93. The van der Waals surface area contributed by atoms with Gasteiger partial charge in [-0.15, -0.1) is 0 Å². The van der Waals surface area contributed by atoms with E-state index in [1.807, 2.05) is 0 Å². The highest BCUT2D eigenvalue weighted by atomic mass is 19.1. The van der Waals surface area contributed by atoms with Crippen molar-refractivity contribution in [1.82, 2.24) is 5.23 Å². The highest BCUT2D eigenvalue weighted by molar-refractivity contribution is 5.79. The number of hydrogen-bond donors (Lipinski definition) is 3. The summed E-state index contributed by atoms with van der Waals surface area (Å²) in [6.45, 7) is -1.41. The lowest BCUT2D eigenvalue weighted by Crippen LogP contribution is -2.55. The van der Waals surface area contributed by atoms with Gasteiger partial charge in [-0.25, -0.2) is 9.18 Å². The largest absolute Gasteiger partial charge is 0.480 e. The number of halogens is 1. The second-order valence-corrected chi connectivity index (χ2v) is 3.42. The zero-order valence-electron chi connectivity index (χ0n) is 8.38. The van der Waals surface area contributed by atoms with E-state index < -0.39 is 23.4 Å². The molecule has 6 heteroatoms. The van der Waals surface area contributed by atoms with Gasteiger partial charge in [0.05, 0.1) is 0 Å². The first-order valence-corrected chi connectivity index (χ1v) is 4.54. The Morgan fingerprint density at radius 3 is 2.25 bits per heavy atom. The minimum atomic E-state index is -2.36. The van der Waals surface area contributed by atoms with Crippen LogP contribution in [0.2, 0.25) is 0 Å². The van der Waals surface area contributed by atoms with Crippen molar-refractivity contribution in [2.45, 2.75) is 12.0 Å². The number of aliphatic carboxylic acids is 1. The molecule has 0 heterocycles. The van der Waals surface area contributed by atoms with Gasteiger partial charge >= 0.3 is 5.97 Å². The summed E-state index contributed by atoms with van der Waals surface area (Å²) in [5, 5.41) is 26.0. The first-order chi connectivity index (χ1) is 7.53. The highest BCUT2D eigenvalue weighted by Crippen LogP contribution is 2.20. The molecule has 16 heavy (non-hydrogen) atoms. The van der Waals surface area contributed by atoms with Gasteiger partial charge in [0.1, 0.15) is 6.67 Å². The molecule has 0 aliphatic heterocycles. The average molecular weight is 229 g/mol. The van der Waals surface area contributed by atoms with Crippen LogP contribution >= 0.6 is 0 Å². The molecule has 0 radical (unpaired) electrons. The van der Waals surface area contributed by atoms with Gasteiger partial charge in [-0.2, -0.15) is 0 Å². The molecule has 1 atom stereocenters. The molecule has 1 rings (SSSR count). The van der Waals surface area contributed by atoms with Crippen molar-refractivity contribution in [3.8, 4) is 0 Å². The molecule has 0 fully saturated rings. The van der Waals surface area contributed by atoms with Crippen LogP contribution in [0.3, 0.4) is 0 Å². The third-order valence-corrected chi connectivity index (χ3v) is 2.34. The summed E-state index contributed by atoms with van der Waals surface area (Å²) in [4.78, 5) is 10.9. The van der Waals surface area contributed by atoms with Crippen LogP contribution in [0, 0.1) is 0 Å². The molecule has 0 unspecified atom stereocenters. The number of benzene rings is 1. The van der Waals surface area contributed by atoms with E-state index in [9.17, 15) is 9.18 Å². The van der Waals surface area contributed by atoms with Gasteiger partial charge in [0.15, 0.2) is 0 Å². The Bertz CT molecular complexity index is 357. The molecule has 0 saturated heterocycles. The summed E-state index contributed by atoms with van der Waals surface area (Å²) < 4.78 is 12.8. The fourth-order valence-electron chi connectivity index (χ4n) is 1.32. The number of carbonyl (C=O) groups is 1. The Hall–Kier alpha value is -1.50. The monoisotopic (exact) mass is 229 g/mol. The number of nitrogens with zero attached hydrogens (tertiary/aromatic N) is 1. The lowest BCUT2D eigenvalue weighted by Gasteiger charge is -2.29. The van der Waals surface area contributed by atoms with Crippen LogP contribution in [-0.4, -0.2) is 38.9 Å². The van der Waals surface area contributed by atoms with Gasteiger partial charge in [-0.3, -0.25) is 10.4 Å². The molecule has 5 nitrogen and oxygen atoms in total. The molecule has 0 amide bonds. The van der Waals surface area contributed by atoms with Crippen molar-refractivity contribution in [2.24, 2.45) is 0 Å². The van der Waals surface area contributed by atoms with Gasteiger partial charge in [-0.1, -0.05) is 35.6 Å². The summed E-state index contributed by atoms with van der Waals surface area (Å²) in [5.74, 6) is -1.64. The molecule has 88 valence electrons. The number of hydroxylamine groups is 2. The summed E-state index contributed by atoms with van der Waals surface area (Å²) in [7, 11) is 0. The van der Waals surface area contributed by atoms with E-state index >= 15 is 0 Å². The van der Waals surface area contributed by atoms with E-state index in [0.29, 0.717) is 5.56 Å². The van der Waals surface area contributed by atoms with Crippen molar-refractivity contribution >= 4 is 5.97 Å². The quantitative estimate of drug-likeness (QED) is 0.659. The van der Waals surface area contributed by atoms with Crippen molar-refractivity contribution < 1.29 is 24.7 Å². The van der Waals surface area contributed by atoms with Crippen LogP contribution < -0.4 is 0 Å². The summed E-state index contributed by atoms with van der Waals surface area (Å²) >= 11 is 0. The molecular formula is C10H12FNO4. The van der Waals surface area contributed by atoms with E-state index in [0.717, 1.165) is 0 Å². The summed E-state index contributed by atoms with van der Waals surface area (Å²) in [6, 6.07) is 8.18. The van der Waals surface area contributed by atoms with Crippen LogP contribution in [-0.2, 0) is 11.2 Å². The number of rotatable bonds is 5. The fraction of sp³-hybridized carbons (Fsp3) is 0.300. The Morgan fingerprint density at radius 2 is 1.88 bits per heavy atom. The second-order valence-electron chi connectivity index (χ2n) is 3.42. The molecule has 0 spiro atoms. The third-order valence-electron chi connectivity index (χ3n) is 2.34. The van der Waals surface area contributed by atoms with E-state index in [4.69, 9.17) is 15.5 Å². The van der Waals surface area contributed by atoms with Gasteiger partial charge in [-0.05, 0) is 5.56 Å². The number of hydrogen-bond acceptors (Lipinski definition) is 4. The SMILES string of the molecule is O=C(O)[C@](CF)(Cc1ccccc1)N(O)O. The average Bonchev–Trinajstić information content (AvgIpc) is 2.26. The molecule has 0 aliphatic rings. The molecule has 1 aromatic rings. The molecular weight excluding hydrogens is 217 g/mol. The minimum absolute atomic E-state index is 0.341. The Morgan fingerprint density at radius 1 is 1.31 bits per heavy atom. The Balaban J connectivity index is 3.00. The maximum absolute atomic E-state index is 12.8. The standard InChI is InChI=1S/C10H12FNO4/c11-7-10(9(13)14,12(15)16)6-8-4-2-1-3-5-8/h1-5,15-16H,6-7H2,(H,13,14)/t10-/m1/s1. The lowest BCUT2D eigenvalue weighted by molar-refractivity contribution is -0.358. The van der Waals surface area contributed by atoms with E-state index in [1.54, 1.807) is 30.3 Å². The zero-order chi connectivity index (χ0) is 12.2. The van der Waals surface area contributed by atoms with Crippen LogP contribution in [0.15, 0.2) is 30.3 Å². The van der Waals surface area contributed by atoms with Crippen molar-refractivity contribution in [1.29, 1.82) is 0 Å². The topological polar surface area (TPSA) is 81.0 Å². The normalized spacial score (nSPS) is 14.8. The van der Waals surface area contributed by atoms with Crippen LogP contribution in [0.1, 0.15) is 5.56 Å². The second kappa shape index (κ2) is 5.02. The van der Waals surface area contributed by atoms with Gasteiger partial charge in [0, 0.05) is 6.42 Å². The number of carboxylic acids is 1. The first kappa shape index (κ1) is 12.6. The Kier molecular flexibility index (Phi) is 3.94. The van der Waals surface area contributed by atoms with Crippen molar-refractivity contribution in [2.75, 3.05) is 6.67 Å². The zero-order valence-corrected chi connectivity index (χ0v) is 8.38. The molecule has 0 saturated carbocycles. The molecule has 3 N–H and O–H groups in total. The minimum Gasteiger partial charge on any atom is -0.480 e. The van der Waals surface area contributed by atoms with E-state index in [2.05, 4.69) is 0 Å². The van der Waals surface area contributed by atoms with Gasteiger partial charge < -0.3 is 5.11 Å². The Labute approximate surface area is 91.3 Å². The van der Waals surface area contributed by atoms with Crippen molar-refractivity contribution in [3.05, 3.63) is 35.9 Å². The van der Waals surface area contributed by atoms with Crippen LogP contribution in [0.5, 0.6) is 0 Å². The van der Waals surface area contributed by atoms with Gasteiger partial charge in [0.25, 0.3) is 0 Å². The number of carboxylic acid groups (broad SMARTS) is 1. The maximum atomic E-state index is 12.8. The van der Waals surface area contributed by atoms with E-state index in [1.165, 1.54) is 0 Å². The summed E-state index contributed by atoms with van der Waals surface area (Å²) in [6.07, 6.45) is -0.341. The third kappa shape index (κ3) is 2.35. The predicted octanol–water partition coefficient (Wildman–Crippen LogP) is 1.10. The number of alkyl halides is 1. The molecule has 0 bridgehead atoms. The smallest absolute Gasteiger partial charge is 0.332 e. The first-order valence-electron chi connectivity index (χ1n) is 4.54. The highest BCUT2D eigenvalue weighted by Gasteiger charge is 2.45. The molecule has 1 aromatic carbocycles. The molecule has 0 aliphatic carbocycles. The fourth-order valence-corrected chi connectivity index (χ4v) is 1.32. The van der Waals surface area contributed by atoms with Crippen LogP contribution in [0.4, 0.5) is 4.39 Å². The van der Waals surface area contributed by atoms with Crippen molar-refractivity contribution in [3.63, 3.8) is 0 Å². The molecule has 0 aromatic heterocycles. The predicted molar refractivity (Wildman–Crippen MR) is 51.9 cm³/mol. The van der Waals surface area contributed by atoms with Crippen LogP contribution in [0.25, 0.3) is 0 Å². The summed E-state index contributed by atoms with van der Waals surface area (Å²) in [5.41, 5.74) is -1.86. The maximum Gasteiger partial charge on any atom is 0.332 e. The van der Waals surface area contributed by atoms with Gasteiger partial charge in [0.2, 0.25) is 5.54 Å². The van der Waals surface area contributed by atoms with E-state index in [-0.39, 0.29) is 6.42 Å².